The van der Waals surface area contributed by atoms with Gasteiger partial charge in [-0.1, -0.05) is 27.7 Å². The van der Waals surface area contributed by atoms with Crippen molar-refractivity contribution in [3.8, 4) is 0 Å². The van der Waals surface area contributed by atoms with Crippen LogP contribution in [0, 0.1) is 17.3 Å². The summed E-state index contributed by atoms with van der Waals surface area (Å²) in [6.07, 6.45) is 1.31. The lowest BCUT2D eigenvalue weighted by Gasteiger charge is -2.36. The van der Waals surface area contributed by atoms with Gasteiger partial charge in [0.25, 0.3) is 0 Å². The molecule has 2 unspecified atom stereocenters. The van der Waals surface area contributed by atoms with E-state index in [2.05, 4.69) is 65.5 Å². The number of hydrogen-bond acceptors (Lipinski definition) is 2. The van der Waals surface area contributed by atoms with E-state index in [0.717, 1.165) is 11.8 Å². The van der Waals surface area contributed by atoms with E-state index in [4.69, 9.17) is 0 Å². The van der Waals surface area contributed by atoms with Crippen LogP contribution in [0.4, 0.5) is 0 Å². The zero-order valence-electron chi connectivity index (χ0n) is 12.4. The fraction of sp³-hybridized carbons (Fsp3) is 1.00. The molecule has 1 saturated heterocycles. The Morgan fingerprint density at radius 2 is 1.82 bits per heavy atom. The van der Waals surface area contributed by atoms with Crippen molar-refractivity contribution in [2.45, 2.75) is 59.8 Å². The second kappa shape index (κ2) is 6.01. The lowest BCUT2D eigenvalue weighted by molar-refractivity contribution is 0.161. The van der Waals surface area contributed by atoms with Gasteiger partial charge < -0.3 is 4.90 Å². The lowest BCUT2D eigenvalue weighted by Crippen LogP contribution is -2.33. The standard InChI is InChI=1S/C14H29BNS/c1-10(2)7-14(5,6)12-8-16(11(3)4)9-13(12)15-17/h10-13,17H,7-9H2,1-6H3. The molecule has 99 valence electrons. The van der Waals surface area contributed by atoms with Crippen LogP contribution in [0.3, 0.4) is 0 Å². The quantitative estimate of drug-likeness (QED) is 0.578. The van der Waals surface area contributed by atoms with E-state index in [9.17, 15) is 0 Å². The number of hydrogen-bond donors (Lipinski definition) is 1. The van der Waals surface area contributed by atoms with Crippen LogP contribution >= 0.6 is 12.5 Å². The molecule has 0 saturated carbocycles. The Balaban J connectivity index is 2.74. The van der Waals surface area contributed by atoms with Crippen LogP contribution in [-0.2, 0) is 0 Å². The summed E-state index contributed by atoms with van der Waals surface area (Å²) in [6.45, 7) is 18.7. The van der Waals surface area contributed by atoms with Crippen molar-refractivity contribution in [1.29, 1.82) is 0 Å². The highest BCUT2D eigenvalue weighted by Crippen LogP contribution is 2.45. The first-order valence-electron chi connectivity index (χ1n) is 6.99. The molecule has 2 atom stereocenters. The Hall–Kier alpha value is 0.375. The average molecular weight is 254 g/mol. The van der Waals surface area contributed by atoms with Gasteiger partial charge in [-0.3, -0.25) is 0 Å². The second-order valence-electron chi connectivity index (χ2n) is 7.05. The van der Waals surface area contributed by atoms with E-state index in [0.29, 0.717) is 17.3 Å². The fourth-order valence-electron chi connectivity index (χ4n) is 3.46. The second-order valence-corrected chi connectivity index (χ2v) is 7.35. The van der Waals surface area contributed by atoms with Crippen molar-refractivity contribution in [2.24, 2.45) is 17.3 Å². The number of likely N-dealkylation sites (tertiary alicyclic amines) is 1. The Morgan fingerprint density at radius 1 is 1.24 bits per heavy atom. The predicted molar refractivity (Wildman–Crippen MR) is 81.9 cm³/mol. The molecule has 1 aliphatic rings. The molecule has 1 rings (SSSR count). The first-order chi connectivity index (χ1) is 7.77. The number of nitrogens with zero attached hydrogens (tertiary/aromatic N) is 1. The molecule has 17 heavy (non-hydrogen) atoms. The topological polar surface area (TPSA) is 3.24 Å². The summed E-state index contributed by atoms with van der Waals surface area (Å²) in [5, 5.41) is 0. The molecule has 0 aliphatic carbocycles. The van der Waals surface area contributed by atoms with E-state index < -0.39 is 0 Å². The van der Waals surface area contributed by atoms with Gasteiger partial charge in [0.05, 0.1) is 0 Å². The van der Waals surface area contributed by atoms with E-state index in [1.807, 2.05) is 0 Å². The highest BCUT2D eigenvalue weighted by atomic mass is 32.1. The minimum atomic E-state index is 0.418. The molecule has 1 nitrogen and oxygen atoms in total. The van der Waals surface area contributed by atoms with Crippen LogP contribution in [0.2, 0.25) is 5.82 Å². The third-order valence-corrected chi connectivity index (χ3v) is 4.64. The van der Waals surface area contributed by atoms with Crippen LogP contribution in [0.1, 0.15) is 48.0 Å². The molecule has 1 aliphatic heterocycles. The number of rotatable bonds is 5. The van der Waals surface area contributed by atoms with E-state index in [1.165, 1.54) is 19.5 Å². The van der Waals surface area contributed by atoms with Gasteiger partial charge in [-0.25, -0.2) is 12.5 Å². The van der Waals surface area contributed by atoms with Crippen LogP contribution in [0.5, 0.6) is 0 Å². The van der Waals surface area contributed by atoms with E-state index in [1.54, 1.807) is 0 Å². The van der Waals surface area contributed by atoms with Gasteiger partial charge in [0, 0.05) is 12.6 Å². The molecule has 0 amide bonds. The smallest absolute Gasteiger partial charge is 0.192 e. The van der Waals surface area contributed by atoms with Crippen molar-refractivity contribution in [3.63, 3.8) is 0 Å². The fourth-order valence-corrected chi connectivity index (χ4v) is 3.77. The third kappa shape index (κ3) is 3.92. The molecule has 0 aromatic rings. The van der Waals surface area contributed by atoms with Crippen molar-refractivity contribution in [3.05, 3.63) is 0 Å². The van der Waals surface area contributed by atoms with Gasteiger partial charge >= 0.3 is 0 Å². The summed E-state index contributed by atoms with van der Waals surface area (Å²) >= 11 is 4.45. The molecule has 0 N–H and O–H groups in total. The average Bonchev–Trinajstić information content (AvgIpc) is 2.59. The van der Waals surface area contributed by atoms with Gasteiger partial charge in [-0.05, 0) is 49.9 Å². The van der Waals surface area contributed by atoms with Gasteiger partial charge in [-0.15, -0.1) is 0 Å². The SMILES string of the molecule is CC(C)CC(C)(C)C1CN(C(C)C)CC1[B]S. The molecule has 3 heteroatoms. The van der Waals surface area contributed by atoms with E-state index >= 15 is 0 Å². The van der Waals surface area contributed by atoms with E-state index in [-0.39, 0.29) is 0 Å². The summed E-state index contributed by atoms with van der Waals surface area (Å²) in [5.41, 5.74) is 0.418. The third-order valence-electron chi connectivity index (χ3n) is 4.25. The Kier molecular flexibility index (Phi) is 5.46. The summed E-state index contributed by atoms with van der Waals surface area (Å²) < 4.78 is 0. The van der Waals surface area contributed by atoms with Crippen LogP contribution in [0.25, 0.3) is 0 Å². The molecule has 0 spiro atoms. The Bertz CT molecular complexity index is 240. The van der Waals surface area contributed by atoms with Gasteiger partial charge in [0.1, 0.15) is 0 Å². The van der Waals surface area contributed by atoms with Crippen LogP contribution in [-0.4, -0.2) is 30.6 Å². The zero-order valence-corrected chi connectivity index (χ0v) is 13.3. The van der Waals surface area contributed by atoms with Crippen molar-refractivity contribution >= 4 is 19.0 Å². The summed E-state index contributed by atoms with van der Waals surface area (Å²) in [5.74, 6) is 2.18. The maximum atomic E-state index is 4.45. The van der Waals surface area contributed by atoms with Gasteiger partial charge in [0.2, 0.25) is 0 Å². The van der Waals surface area contributed by atoms with Crippen LogP contribution in [0.15, 0.2) is 0 Å². The van der Waals surface area contributed by atoms with Gasteiger partial charge in [0.15, 0.2) is 6.56 Å². The molecular formula is C14H29BNS. The monoisotopic (exact) mass is 254 g/mol. The summed E-state index contributed by atoms with van der Waals surface area (Å²) in [7, 11) is 0. The minimum Gasteiger partial charge on any atom is -0.301 e. The molecule has 0 aromatic heterocycles. The van der Waals surface area contributed by atoms with Gasteiger partial charge in [-0.2, -0.15) is 0 Å². The first kappa shape index (κ1) is 15.4. The molecular weight excluding hydrogens is 225 g/mol. The molecule has 0 aromatic carbocycles. The van der Waals surface area contributed by atoms with Crippen molar-refractivity contribution < 1.29 is 0 Å². The molecule has 0 bridgehead atoms. The maximum Gasteiger partial charge on any atom is 0.192 e. The predicted octanol–water partition coefficient (Wildman–Crippen LogP) is 3.74. The Morgan fingerprint density at radius 3 is 2.24 bits per heavy atom. The minimum absolute atomic E-state index is 0.418. The summed E-state index contributed by atoms with van der Waals surface area (Å²) in [6, 6.07) is 0.658. The molecule has 1 fully saturated rings. The maximum absolute atomic E-state index is 4.45. The zero-order chi connectivity index (χ0) is 13.2. The largest absolute Gasteiger partial charge is 0.301 e. The number of thiol groups is 1. The highest BCUT2D eigenvalue weighted by Gasteiger charge is 2.42. The van der Waals surface area contributed by atoms with Crippen molar-refractivity contribution in [2.75, 3.05) is 13.1 Å². The lowest BCUT2D eigenvalue weighted by atomic mass is 9.63. The molecule has 1 radical (unpaired) electrons. The molecule has 1 heterocycles. The summed E-state index contributed by atoms with van der Waals surface area (Å²) in [4.78, 5) is 2.60. The normalized spacial score (nSPS) is 27.1. The Labute approximate surface area is 114 Å². The first-order valence-corrected chi connectivity index (χ1v) is 7.51. The van der Waals surface area contributed by atoms with Crippen molar-refractivity contribution in [1.82, 2.24) is 4.90 Å². The highest BCUT2D eigenvalue weighted by molar-refractivity contribution is 8.07. The van der Waals surface area contributed by atoms with Crippen LogP contribution < -0.4 is 0 Å².